The number of hydrogen-bond donors (Lipinski definition) is 1. The SMILES string of the molecule is CC(C)(C)c1ccc(Cn2c(C(=O)NCC3CC3)cc3sccc32)cc1. The summed E-state index contributed by atoms with van der Waals surface area (Å²) in [6.07, 6.45) is 2.49. The van der Waals surface area contributed by atoms with E-state index in [0.29, 0.717) is 5.92 Å². The van der Waals surface area contributed by atoms with Crippen LogP contribution in [0.25, 0.3) is 10.2 Å². The Hall–Kier alpha value is -2.07. The highest BCUT2D eigenvalue weighted by Crippen LogP contribution is 2.29. The molecule has 1 amide bonds. The van der Waals surface area contributed by atoms with E-state index in [0.717, 1.165) is 24.3 Å². The minimum Gasteiger partial charge on any atom is -0.350 e. The molecule has 0 atom stereocenters. The number of carbonyl (C=O) groups is 1. The van der Waals surface area contributed by atoms with Crippen molar-refractivity contribution in [2.45, 2.75) is 45.6 Å². The second kappa shape index (κ2) is 6.58. The first-order valence-corrected chi connectivity index (χ1v) is 10.2. The van der Waals surface area contributed by atoms with Crippen LogP contribution in [0.15, 0.2) is 41.8 Å². The van der Waals surface area contributed by atoms with Gasteiger partial charge in [-0.3, -0.25) is 4.79 Å². The molecule has 136 valence electrons. The lowest BCUT2D eigenvalue weighted by Crippen LogP contribution is -2.27. The maximum absolute atomic E-state index is 12.7. The average molecular weight is 367 g/mol. The van der Waals surface area contributed by atoms with Gasteiger partial charge in [0.15, 0.2) is 0 Å². The van der Waals surface area contributed by atoms with Gasteiger partial charge >= 0.3 is 0 Å². The molecule has 1 fully saturated rings. The predicted octanol–water partition coefficient (Wildman–Crippen LogP) is 5.19. The number of aromatic nitrogens is 1. The van der Waals surface area contributed by atoms with E-state index in [4.69, 9.17) is 0 Å². The third kappa shape index (κ3) is 3.56. The van der Waals surface area contributed by atoms with Gasteiger partial charge in [0.05, 0.1) is 10.2 Å². The van der Waals surface area contributed by atoms with Crippen LogP contribution < -0.4 is 5.32 Å². The molecular formula is C22H26N2OS. The highest BCUT2D eigenvalue weighted by Gasteiger charge is 2.23. The molecule has 0 spiro atoms. The first-order valence-electron chi connectivity index (χ1n) is 9.36. The van der Waals surface area contributed by atoms with Gasteiger partial charge in [0.25, 0.3) is 5.91 Å². The summed E-state index contributed by atoms with van der Waals surface area (Å²) < 4.78 is 3.33. The van der Waals surface area contributed by atoms with Crippen LogP contribution in [0.4, 0.5) is 0 Å². The second-order valence-electron chi connectivity index (χ2n) is 8.39. The van der Waals surface area contributed by atoms with Gasteiger partial charge in [-0.25, -0.2) is 0 Å². The quantitative estimate of drug-likeness (QED) is 0.662. The molecule has 0 radical (unpaired) electrons. The van der Waals surface area contributed by atoms with Crippen LogP contribution in [0.2, 0.25) is 0 Å². The lowest BCUT2D eigenvalue weighted by Gasteiger charge is -2.19. The highest BCUT2D eigenvalue weighted by atomic mass is 32.1. The minimum atomic E-state index is 0.0478. The van der Waals surface area contributed by atoms with E-state index in [1.165, 1.54) is 28.7 Å². The van der Waals surface area contributed by atoms with E-state index in [1.807, 2.05) is 6.07 Å². The third-order valence-corrected chi connectivity index (χ3v) is 6.02. The van der Waals surface area contributed by atoms with Crippen LogP contribution in [0.1, 0.15) is 55.2 Å². The fourth-order valence-electron chi connectivity index (χ4n) is 3.28. The first kappa shape index (κ1) is 17.3. The number of hydrogen-bond acceptors (Lipinski definition) is 2. The summed E-state index contributed by atoms with van der Waals surface area (Å²) in [6, 6.07) is 12.9. The molecule has 1 aliphatic rings. The van der Waals surface area contributed by atoms with Crippen molar-refractivity contribution in [1.82, 2.24) is 9.88 Å². The molecule has 1 saturated carbocycles. The number of rotatable bonds is 5. The van der Waals surface area contributed by atoms with Crippen molar-refractivity contribution in [1.29, 1.82) is 0 Å². The van der Waals surface area contributed by atoms with Crippen molar-refractivity contribution in [3.05, 3.63) is 58.6 Å². The van der Waals surface area contributed by atoms with E-state index in [-0.39, 0.29) is 11.3 Å². The zero-order valence-corrected chi connectivity index (χ0v) is 16.5. The number of amides is 1. The largest absolute Gasteiger partial charge is 0.350 e. The number of thiophene rings is 1. The molecule has 1 aliphatic carbocycles. The molecule has 1 N–H and O–H groups in total. The number of fused-ring (bicyclic) bond motifs is 1. The van der Waals surface area contributed by atoms with Crippen molar-refractivity contribution in [3.8, 4) is 0 Å². The molecule has 1 aromatic carbocycles. The molecule has 4 heteroatoms. The standard InChI is InChI=1S/C22H26N2OS/c1-22(2,3)17-8-6-16(7-9-17)14-24-18-10-11-26-20(18)12-19(24)21(25)23-13-15-4-5-15/h6-12,15H,4-5,13-14H2,1-3H3,(H,23,25). The van der Waals surface area contributed by atoms with Gasteiger partial charge in [-0.15, -0.1) is 11.3 Å². The Morgan fingerprint density at radius 1 is 1.19 bits per heavy atom. The van der Waals surface area contributed by atoms with E-state index >= 15 is 0 Å². The second-order valence-corrected chi connectivity index (χ2v) is 9.33. The zero-order chi connectivity index (χ0) is 18.3. The van der Waals surface area contributed by atoms with Crippen LogP contribution in [0.3, 0.4) is 0 Å². The summed E-state index contributed by atoms with van der Waals surface area (Å²) in [6.45, 7) is 8.20. The van der Waals surface area contributed by atoms with Gasteiger partial charge in [-0.05, 0) is 52.8 Å². The molecule has 26 heavy (non-hydrogen) atoms. The molecule has 2 aromatic heterocycles. The summed E-state index contributed by atoms with van der Waals surface area (Å²) in [5, 5.41) is 5.20. The lowest BCUT2D eigenvalue weighted by atomic mass is 9.87. The Balaban J connectivity index is 1.61. The van der Waals surface area contributed by atoms with Crippen LogP contribution in [-0.4, -0.2) is 17.0 Å². The van der Waals surface area contributed by atoms with Crippen molar-refractivity contribution in [2.75, 3.05) is 6.54 Å². The van der Waals surface area contributed by atoms with Gasteiger partial charge in [0.2, 0.25) is 0 Å². The Kier molecular flexibility index (Phi) is 4.39. The van der Waals surface area contributed by atoms with E-state index in [9.17, 15) is 4.79 Å². The molecular weight excluding hydrogens is 340 g/mol. The first-order chi connectivity index (χ1) is 12.4. The van der Waals surface area contributed by atoms with E-state index in [1.54, 1.807) is 11.3 Å². The molecule has 0 aliphatic heterocycles. The summed E-state index contributed by atoms with van der Waals surface area (Å²) in [5.74, 6) is 0.736. The summed E-state index contributed by atoms with van der Waals surface area (Å²) in [5.41, 5.74) is 4.62. The Morgan fingerprint density at radius 3 is 2.58 bits per heavy atom. The van der Waals surface area contributed by atoms with Crippen molar-refractivity contribution in [2.24, 2.45) is 5.92 Å². The predicted molar refractivity (Wildman–Crippen MR) is 109 cm³/mol. The maximum Gasteiger partial charge on any atom is 0.267 e. The van der Waals surface area contributed by atoms with Gasteiger partial charge in [-0.1, -0.05) is 45.0 Å². The summed E-state index contributed by atoms with van der Waals surface area (Å²) >= 11 is 1.69. The maximum atomic E-state index is 12.7. The van der Waals surface area contributed by atoms with Gasteiger partial charge in [0, 0.05) is 13.1 Å². The molecule has 3 aromatic rings. The number of nitrogens with zero attached hydrogens (tertiary/aromatic N) is 1. The van der Waals surface area contributed by atoms with Gasteiger partial charge < -0.3 is 9.88 Å². The van der Waals surface area contributed by atoms with Gasteiger partial charge in [-0.2, -0.15) is 0 Å². The monoisotopic (exact) mass is 366 g/mol. The Bertz CT molecular complexity index is 923. The number of benzene rings is 1. The fourth-order valence-corrected chi connectivity index (χ4v) is 4.10. The van der Waals surface area contributed by atoms with Crippen LogP contribution in [0, 0.1) is 5.92 Å². The van der Waals surface area contributed by atoms with Crippen molar-refractivity contribution < 1.29 is 4.79 Å². The van der Waals surface area contributed by atoms with Crippen molar-refractivity contribution >= 4 is 27.5 Å². The normalized spacial score (nSPS) is 14.7. The summed E-state index contributed by atoms with van der Waals surface area (Å²) in [4.78, 5) is 12.7. The van der Waals surface area contributed by atoms with Crippen LogP contribution in [0.5, 0.6) is 0 Å². The smallest absolute Gasteiger partial charge is 0.267 e. The topological polar surface area (TPSA) is 34.0 Å². The Labute approximate surface area is 159 Å². The Morgan fingerprint density at radius 2 is 1.92 bits per heavy atom. The van der Waals surface area contributed by atoms with Crippen LogP contribution >= 0.6 is 11.3 Å². The van der Waals surface area contributed by atoms with Crippen LogP contribution in [-0.2, 0) is 12.0 Å². The highest BCUT2D eigenvalue weighted by molar-refractivity contribution is 7.17. The minimum absolute atomic E-state index is 0.0478. The lowest BCUT2D eigenvalue weighted by molar-refractivity contribution is 0.0943. The molecule has 3 nitrogen and oxygen atoms in total. The number of carbonyl (C=O) groups excluding carboxylic acids is 1. The van der Waals surface area contributed by atoms with E-state index in [2.05, 4.69) is 66.4 Å². The average Bonchev–Trinajstić information content (AvgIpc) is 3.21. The molecule has 2 heterocycles. The van der Waals surface area contributed by atoms with E-state index < -0.39 is 0 Å². The summed E-state index contributed by atoms with van der Waals surface area (Å²) in [7, 11) is 0. The molecule has 0 saturated heterocycles. The zero-order valence-electron chi connectivity index (χ0n) is 15.7. The number of nitrogens with one attached hydrogen (secondary N) is 1. The van der Waals surface area contributed by atoms with Crippen molar-refractivity contribution in [3.63, 3.8) is 0 Å². The van der Waals surface area contributed by atoms with Gasteiger partial charge in [0.1, 0.15) is 5.69 Å². The molecule has 0 unspecified atom stereocenters. The third-order valence-electron chi connectivity index (χ3n) is 5.16. The molecule has 4 rings (SSSR count). The molecule has 0 bridgehead atoms. The fraction of sp³-hybridized carbons (Fsp3) is 0.409.